The Morgan fingerprint density at radius 1 is 1.08 bits per heavy atom. The average Bonchev–Trinajstić information content (AvgIpc) is 2.54. The Labute approximate surface area is 162 Å². The highest BCUT2D eigenvalue weighted by molar-refractivity contribution is 14.1. The molecule has 2 heteroatoms. The zero-order valence-corrected chi connectivity index (χ0v) is 17.3. The molecule has 24 heavy (non-hydrogen) atoms. The van der Waals surface area contributed by atoms with Crippen molar-refractivity contribution in [3.8, 4) is 5.75 Å². The van der Waals surface area contributed by atoms with Crippen molar-refractivity contribution < 1.29 is 5.11 Å². The number of halogens is 1. The second-order valence-corrected chi connectivity index (χ2v) is 8.74. The van der Waals surface area contributed by atoms with Crippen LogP contribution < -0.4 is 0 Å². The number of phenolic OH excluding ortho intramolecular Hbond substituents is 1. The summed E-state index contributed by atoms with van der Waals surface area (Å²) in [6, 6.07) is 7.65. The van der Waals surface area contributed by atoms with Crippen molar-refractivity contribution in [2.45, 2.75) is 68.6 Å². The summed E-state index contributed by atoms with van der Waals surface area (Å²) in [4.78, 5) is 0. The number of allylic oxidation sites excluding steroid dienone is 2. The lowest BCUT2D eigenvalue weighted by Gasteiger charge is -2.34. The van der Waals surface area contributed by atoms with Gasteiger partial charge in [-0.1, -0.05) is 79.5 Å². The second-order valence-electron chi connectivity index (χ2n) is 6.98. The third-order valence-corrected chi connectivity index (χ3v) is 5.76. The van der Waals surface area contributed by atoms with E-state index >= 15 is 0 Å². The summed E-state index contributed by atoms with van der Waals surface area (Å²) in [5.74, 6) is 0.333. The predicted octanol–water partition coefficient (Wildman–Crippen LogP) is 7.24. The molecule has 1 atom stereocenters. The molecule has 0 heterocycles. The van der Waals surface area contributed by atoms with Crippen molar-refractivity contribution >= 4 is 22.6 Å². The molecule has 0 spiro atoms. The van der Waals surface area contributed by atoms with Crippen molar-refractivity contribution in [2.24, 2.45) is 5.41 Å². The number of unbranched alkanes of at least 4 members (excludes halogenated alkanes) is 3. The largest absolute Gasteiger partial charge is 0.508 e. The fraction of sp³-hybridized carbons (Fsp3) is 0.545. The standard InChI is InChI=1S/C22H33IO/c1-4-7-8-9-10-20(23)18-22(15-5-2,16-6-3)17-19-11-13-21(24)14-12-19/h5-6,11-14,20,24H,2-4,7-10,15-18H2,1H3. The minimum absolute atomic E-state index is 0.192. The van der Waals surface area contributed by atoms with Gasteiger partial charge < -0.3 is 5.11 Å². The maximum absolute atomic E-state index is 9.51. The summed E-state index contributed by atoms with van der Waals surface area (Å²) in [5, 5.41) is 9.51. The number of aromatic hydroxyl groups is 1. The number of rotatable bonds is 13. The van der Waals surface area contributed by atoms with E-state index in [9.17, 15) is 5.11 Å². The van der Waals surface area contributed by atoms with Crippen molar-refractivity contribution in [3.63, 3.8) is 0 Å². The summed E-state index contributed by atoms with van der Waals surface area (Å²) in [7, 11) is 0. The molecule has 1 N–H and O–H groups in total. The first-order valence-electron chi connectivity index (χ1n) is 9.19. The molecule has 1 aromatic carbocycles. The lowest BCUT2D eigenvalue weighted by atomic mass is 9.72. The minimum atomic E-state index is 0.192. The molecule has 0 radical (unpaired) electrons. The minimum Gasteiger partial charge on any atom is -0.508 e. The number of hydrogen-bond donors (Lipinski definition) is 1. The van der Waals surface area contributed by atoms with Gasteiger partial charge in [0.25, 0.3) is 0 Å². The Morgan fingerprint density at radius 2 is 1.71 bits per heavy atom. The number of benzene rings is 1. The molecule has 0 fully saturated rings. The van der Waals surface area contributed by atoms with Crippen LogP contribution in [-0.4, -0.2) is 9.03 Å². The normalized spacial score (nSPS) is 12.8. The maximum Gasteiger partial charge on any atom is 0.115 e. The Bertz CT molecular complexity index is 467. The SMILES string of the molecule is C=CCC(CC=C)(Cc1ccc(O)cc1)CC(I)CCCCCC. The summed E-state index contributed by atoms with van der Waals surface area (Å²) in [6.07, 6.45) is 15.0. The van der Waals surface area contributed by atoms with Crippen LogP contribution >= 0.6 is 22.6 Å². The summed E-state index contributed by atoms with van der Waals surface area (Å²) in [6.45, 7) is 10.3. The summed E-state index contributed by atoms with van der Waals surface area (Å²) < 4.78 is 0.691. The molecule has 1 aromatic rings. The summed E-state index contributed by atoms with van der Waals surface area (Å²) >= 11 is 2.64. The molecule has 0 saturated carbocycles. The van der Waals surface area contributed by atoms with Crippen molar-refractivity contribution in [2.75, 3.05) is 0 Å². The fourth-order valence-electron chi connectivity index (χ4n) is 3.49. The van der Waals surface area contributed by atoms with Gasteiger partial charge in [0.2, 0.25) is 0 Å². The van der Waals surface area contributed by atoms with Crippen LogP contribution in [-0.2, 0) is 6.42 Å². The van der Waals surface area contributed by atoms with Crippen LogP contribution in [0.1, 0.15) is 63.9 Å². The monoisotopic (exact) mass is 440 g/mol. The Kier molecular flexibility index (Phi) is 10.4. The van der Waals surface area contributed by atoms with Crippen molar-refractivity contribution in [3.05, 3.63) is 55.1 Å². The highest BCUT2D eigenvalue weighted by atomic mass is 127. The fourth-order valence-corrected chi connectivity index (χ4v) is 4.86. The second kappa shape index (κ2) is 11.7. The van der Waals surface area contributed by atoms with Crippen LogP contribution in [0.4, 0.5) is 0 Å². The quantitative estimate of drug-likeness (QED) is 0.148. The van der Waals surface area contributed by atoms with E-state index in [4.69, 9.17) is 0 Å². The van der Waals surface area contributed by atoms with E-state index in [2.05, 4.69) is 54.8 Å². The molecule has 0 saturated heterocycles. The van der Waals surface area contributed by atoms with Gasteiger partial charge in [0.15, 0.2) is 0 Å². The third-order valence-electron chi connectivity index (χ3n) is 4.70. The smallest absolute Gasteiger partial charge is 0.115 e. The van der Waals surface area contributed by atoms with Crippen molar-refractivity contribution in [1.29, 1.82) is 0 Å². The molecule has 1 unspecified atom stereocenters. The third kappa shape index (κ3) is 7.87. The van der Waals surface area contributed by atoms with E-state index in [1.54, 1.807) is 12.1 Å². The molecule has 0 bridgehead atoms. The van der Waals surface area contributed by atoms with Crippen molar-refractivity contribution in [1.82, 2.24) is 0 Å². The molecule has 0 aliphatic carbocycles. The average molecular weight is 440 g/mol. The van der Waals surface area contributed by atoms with E-state index in [0.717, 1.165) is 19.3 Å². The molecule has 1 nitrogen and oxygen atoms in total. The lowest BCUT2D eigenvalue weighted by Crippen LogP contribution is -2.26. The van der Waals surface area contributed by atoms with E-state index in [-0.39, 0.29) is 5.41 Å². The van der Waals surface area contributed by atoms with Gasteiger partial charge in [0.05, 0.1) is 0 Å². The topological polar surface area (TPSA) is 20.2 Å². The Morgan fingerprint density at radius 3 is 2.25 bits per heavy atom. The molecular weight excluding hydrogens is 407 g/mol. The molecular formula is C22H33IO. The predicted molar refractivity (Wildman–Crippen MR) is 115 cm³/mol. The Hall–Kier alpha value is -0.770. The maximum atomic E-state index is 9.51. The van der Waals surface area contributed by atoms with Crippen LogP contribution in [0.3, 0.4) is 0 Å². The molecule has 0 aliphatic heterocycles. The van der Waals surface area contributed by atoms with Gasteiger partial charge >= 0.3 is 0 Å². The van der Waals surface area contributed by atoms with Gasteiger partial charge in [0.1, 0.15) is 5.75 Å². The number of alkyl halides is 1. The van der Waals surface area contributed by atoms with Gasteiger partial charge in [-0.15, -0.1) is 13.2 Å². The van der Waals surface area contributed by atoms with E-state index in [1.807, 2.05) is 12.1 Å². The highest BCUT2D eigenvalue weighted by Gasteiger charge is 2.30. The van der Waals surface area contributed by atoms with Gasteiger partial charge in [-0.2, -0.15) is 0 Å². The van der Waals surface area contributed by atoms with Crippen LogP contribution in [0, 0.1) is 5.41 Å². The zero-order valence-electron chi connectivity index (χ0n) is 15.1. The van der Waals surface area contributed by atoms with E-state index < -0.39 is 0 Å². The molecule has 0 aromatic heterocycles. The zero-order chi connectivity index (χ0) is 17.8. The number of phenols is 1. The first-order chi connectivity index (χ1) is 11.5. The van der Waals surface area contributed by atoms with Crippen LogP contribution in [0.5, 0.6) is 5.75 Å². The van der Waals surface area contributed by atoms with Crippen LogP contribution in [0.15, 0.2) is 49.6 Å². The van der Waals surface area contributed by atoms with Gasteiger partial charge in [-0.3, -0.25) is 0 Å². The number of hydrogen-bond acceptors (Lipinski definition) is 1. The van der Waals surface area contributed by atoms with Gasteiger partial charge in [-0.05, 0) is 55.2 Å². The highest BCUT2D eigenvalue weighted by Crippen LogP contribution is 2.40. The van der Waals surface area contributed by atoms with E-state index in [1.165, 1.54) is 44.1 Å². The first kappa shape index (κ1) is 21.3. The molecule has 1 rings (SSSR count). The van der Waals surface area contributed by atoms with Gasteiger partial charge in [-0.25, -0.2) is 0 Å². The van der Waals surface area contributed by atoms with Crippen LogP contribution in [0.2, 0.25) is 0 Å². The van der Waals surface area contributed by atoms with Crippen LogP contribution in [0.25, 0.3) is 0 Å². The molecule has 0 amide bonds. The first-order valence-corrected chi connectivity index (χ1v) is 10.4. The lowest BCUT2D eigenvalue weighted by molar-refractivity contribution is 0.262. The molecule has 0 aliphatic rings. The van der Waals surface area contributed by atoms with Gasteiger partial charge in [0, 0.05) is 3.92 Å². The van der Waals surface area contributed by atoms with E-state index in [0.29, 0.717) is 9.67 Å². The Balaban J connectivity index is 2.77. The summed E-state index contributed by atoms with van der Waals surface area (Å²) in [5.41, 5.74) is 1.47. The molecule has 134 valence electrons.